The molecule has 0 rings (SSSR count). The smallest absolute Gasteiger partial charge is 0.756 e. The summed E-state index contributed by atoms with van der Waals surface area (Å²) in [4.78, 5) is 22.9. The third kappa shape index (κ3) is 102. The zero-order chi connectivity index (χ0) is 7.91. The molecule has 0 aromatic carbocycles. The van der Waals surface area contributed by atoms with Crippen LogP contribution in [0.1, 0.15) is 0 Å². The number of rotatable bonds is 1. The van der Waals surface area contributed by atoms with E-state index >= 15 is 0 Å². The van der Waals surface area contributed by atoms with Crippen LogP contribution in [0.2, 0.25) is 0 Å². The second-order valence-electron chi connectivity index (χ2n) is 1.00. The normalized spacial score (nSPS) is 8.90. The summed E-state index contributed by atoms with van der Waals surface area (Å²) in [5.41, 5.74) is 4.78. The number of aliphatic hydroxyl groups excluding tert-OH is 1. The first kappa shape index (κ1) is 17.7. The molecule has 0 aliphatic carbocycles. The zero-order valence-corrected chi connectivity index (χ0v) is 9.61. The van der Waals surface area contributed by atoms with Gasteiger partial charge in [0.1, 0.15) is 0 Å². The molecule has 0 saturated carbocycles. The third-order valence-electron chi connectivity index (χ3n) is 0.129. The average Bonchev–Trinajstić information content (AvgIpc) is 1.61. The van der Waals surface area contributed by atoms with Gasteiger partial charge in [0.25, 0.3) is 7.82 Å². The number of aliphatic hydroxyl groups is 1. The monoisotopic (exact) mass is 197 g/mol. The van der Waals surface area contributed by atoms with Gasteiger partial charge in [0.15, 0.2) is 0 Å². The standard InChI is InChI=1S/C2H7NO.K.H3O4P/c3-1-2-4;;1-5(2,3)4/h4H,1-3H2;;(H3,1,2,3,4)/q;+1;/p-1. The summed E-state index contributed by atoms with van der Waals surface area (Å²) in [5.74, 6) is 0. The van der Waals surface area contributed by atoms with Crippen LogP contribution in [0.3, 0.4) is 0 Å². The van der Waals surface area contributed by atoms with Crippen LogP contribution in [0, 0.1) is 0 Å². The number of hydrogen-bond donors (Lipinski definition) is 4. The van der Waals surface area contributed by atoms with Crippen LogP contribution in [0.25, 0.3) is 0 Å². The molecule has 5 N–H and O–H groups in total. The Hall–Kier alpha value is 1.67. The maximum Gasteiger partial charge on any atom is 1.00 e. The van der Waals surface area contributed by atoms with E-state index in [1.165, 1.54) is 0 Å². The first-order valence-electron chi connectivity index (χ1n) is 1.99. The predicted molar refractivity (Wildman–Crippen MR) is 28.2 cm³/mol. The van der Waals surface area contributed by atoms with Gasteiger partial charge >= 0.3 is 51.4 Å². The van der Waals surface area contributed by atoms with Crippen molar-refractivity contribution in [3.8, 4) is 0 Å². The molecule has 0 fully saturated rings. The van der Waals surface area contributed by atoms with Gasteiger partial charge in [-0.15, -0.1) is 0 Å². The van der Waals surface area contributed by atoms with Crippen molar-refractivity contribution in [3.63, 3.8) is 0 Å². The molecule has 0 unspecified atom stereocenters. The van der Waals surface area contributed by atoms with E-state index in [0.29, 0.717) is 6.54 Å². The minimum Gasteiger partial charge on any atom is -0.756 e. The Morgan fingerprint density at radius 2 is 1.60 bits per heavy atom. The van der Waals surface area contributed by atoms with Crippen LogP contribution in [-0.2, 0) is 4.57 Å². The Morgan fingerprint density at radius 1 is 1.50 bits per heavy atom. The van der Waals surface area contributed by atoms with Crippen molar-refractivity contribution < 1.29 is 75.7 Å². The van der Waals surface area contributed by atoms with Gasteiger partial charge in [-0.3, -0.25) is 4.57 Å². The molecule has 6 nitrogen and oxygen atoms in total. The van der Waals surface area contributed by atoms with Crippen molar-refractivity contribution in [2.75, 3.05) is 13.2 Å². The van der Waals surface area contributed by atoms with E-state index in [0.717, 1.165) is 0 Å². The molecule has 0 aromatic rings. The molecule has 58 valence electrons. The van der Waals surface area contributed by atoms with Crippen molar-refractivity contribution in [2.45, 2.75) is 0 Å². The SMILES string of the molecule is NCCO.O=P([O-])(O)O.[K+]. The van der Waals surface area contributed by atoms with E-state index in [1.807, 2.05) is 0 Å². The van der Waals surface area contributed by atoms with Crippen molar-refractivity contribution in [1.82, 2.24) is 0 Å². The van der Waals surface area contributed by atoms with Crippen LogP contribution in [0.4, 0.5) is 0 Å². The molecule has 0 radical (unpaired) electrons. The number of nitrogens with two attached hydrogens (primary N) is 1. The van der Waals surface area contributed by atoms with Gasteiger partial charge in [-0.1, -0.05) is 0 Å². The molecule has 0 spiro atoms. The minimum atomic E-state index is -4.89. The fourth-order valence-electron chi connectivity index (χ4n) is 0. The first-order chi connectivity index (χ1) is 3.91. The van der Waals surface area contributed by atoms with Crippen molar-refractivity contribution in [2.24, 2.45) is 5.73 Å². The summed E-state index contributed by atoms with van der Waals surface area (Å²) in [6.45, 7) is 0.472. The van der Waals surface area contributed by atoms with Crippen LogP contribution in [-0.4, -0.2) is 28.0 Å². The molecule has 0 amide bonds. The van der Waals surface area contributed by atoms with Crippen molar-refractivity contribution >= 4 is 7.82 Å². The van der Waals surface area contributed by atoms with Gasteiger partial charge in [0.05, 0.1) is 6.61 Å². The van der Waals surface area contributed by atoms with Gasteiger partial charge in [0.2, 0.25) is 0 Å². The molecule has 8 heteroatoms. The number of phosphoric acid groups is 1. The molecule has 0 bridgehead atoms. The first-order valence-corrected chi connectivity index (χ1v) is 3.52. The summed E-state index contributed by atoms with van der Waals surface area (Å²) >= 11 is 0. The molecule has 0 aliphatic rings. The Balaban J connectivity index is -0.0000000910. The Bertz CT molecular complexity index is 83.4. The van der Waals surface area contributed by atoms with Crippen LogP contribution in [0.15, 0.2) is 0 Å². The molecule has 0 atom stereocenters. The van der Waals surface area contributed by atoms with E-state index in [-0.39, 0.29) is 58.0 Å². The summed E-state index contributed by atoms with van der Waals surface area (Å²) in [7, 11) is -4.89. The van der Waals surface area contributed by atoms with Crippen molar-refractivity contribution in [3.05, 3.63) is 0 Å². The zero-order valence-electron chi connectivity index (χ0n) is 5.60. The fourth-order valence-corrected chi connectivity index (χ4v) is 0. The summed E-state index contributed by atoms with van der Waals surface area (Å²) < 4.78 is 8.77. The van der Waals surface area contributed by atoms with E-state index in [4.69, 9.17) is 30.1 Å². The maximum absolute atomic E-state index is 8.77. The van der Waals surface area contributed by atoms with Crippen molar-refractivity contribution in [1.29, 1.82) is 0 Å². The van der Waals surface area contributed by atoms with Gasteiger partial charge in [-0.05, 0) is 0 Å². The summed E-state index contributed by atoms with van der Waals surface area (Å²) in [5, 5.41) is 7.75. The Labute approximate surface area is 101 Å². The van der Waals surface area contributed by atoms with Gasteiger partial charge in [-0.2, -0.15) is 0 Å². The maximum atomic E-state index is 8.77. The summed E-state index contributed by atoms with van der Waals surface area (Å²) in [6, 6.07) is 0. The molecule has 0 aromatic heterocycles. The fraction of sp³-hybridized carbons (Fsp3) is 1.00. The summed E-state index contributed by atoms with van der Waals surface area (Å²) in [6.07, 6.45) is 0. The second-order valence-corrected chi connectivity index (χ2v) is 1.98. The van der Waals surface area contributed by atoms with Crippen LogP contribution < -0.4 is 62.0 Å². The van der Waals surface area contributed by atoms with Gasteiger partial charge in [-0.25, -0.2) is 0 Å². The minimum absolute atomic E-state index is 0. The number of hydrogen-bond acceptors (Lipinski definition) is 4. The van der Waals surface area contributed by atoms with Crippen LogP contribution >= 0.6 is 7.82 Å². The van der Waals surface area contributed by atoms with Gasteiger partial charge in [0, 0.05) is 6.54 Å². The topological polar surface area (TPSA) is 127 Å². The van der Waals surface area contributed by atoms with Crippen LogP contribution in [0.5, 0.6) is 0 Å². The van der Waals surface area contributed by atoms with E-state index < -0.39 is 7.82 Å². The third-order valence-corrected chi connectivity index (χ3v) is 0.129. The second kappa shape index (κ2) is 10.7. The molecular formula is C2H9KNO5P. The molecule has 0 saturated heterocycles. The van der Waals surface area contributed by atoms with E-state index in [2.05, 4.69) is 0 Å². The molecule has 10 heavy (non-hydrogen) atoms. The van der Waals surface area contributed by atoms with Gasteiger partial charge < -0.3 is 25.5 Å². The molecule has 0 aliphatic heterocycles. The Kier molecular flexibility index (Phi) is 18.8. The molecule has 0 heterocycles. The Morgan fingerprint density at radius 3 is 1.60 bits per heavy atom. The van der Waals surface area contributed by atoms with E-state index in [9.17, 15) is 0 Å². The average molecular weight is 197 g/mol. The predicted octanol–water partition coefficient (Wildman–Crippen LogP) is -5.62. The molecular weight excluding hydrogens is 188 g/mol. The largest absolute Gasteiger partial charge is 1.00 e. The quantitative estimate of drug-likeness (QED) is 0.245. The van der Waals surface area contributed by atoms with E-state index in [1.54, 1.807) is 0 Å².